The Kier molecular flexibility index (Phi) is 4.90. The fraction of sp³-hybridized carbons (Fsp3) is 0.235. The molecule has 1 aromatic heterocycles. The Morgan fingerprint density at radius 3 is 2.96 bits per heavy atom. The highest BCUT2D eigenvalue weighted by atomic mass is 32.1. The van der Waals surface area contributed by atoms with Crippen molar-refractivity contribution in [2.24, 2.45) is 5.10 Å². The Morgan fingerprint density at radius 2 is 2.17 bits per heavy atom. The minimum absolute atomic E-state index is 0.241. The van der Waals surface area contributed by atoms with Crippen LogP contribution in [0.4, 0.5) is 0 Å². The number of ether oxygens (including phenoxy) is 1. The topological polar surface area (TPSA) is 88.0 Å². The molecule has 7 heteroatoms. The molecule has 1 aromatic carbocycles. The lowest BCUT2D eigenvalue weighted by Crippen LogP contribution is -2.16. The first kappa shape index (κ1) is 16.2. The molecule has 6 nitrogen and oxygen atoms in total. The van der Waals surface area contributed by atoms with Gasteiger partial charge in [0.2, 0.25) is 0 Å². The molecule has 0 bridgehead atoms. The SMILES string of the molecule is O=C(O)COc1ccccc1/C=N\NC(=O)c1cc2c(s1)CCC2. The summed E-state index contributed by atoms with van der Waals surface area (Å²) in [6.45, 7) is -0.433. The number of nitrogens with zero attached hydrogens (tertiary/aromatic N) is 1. The number of para-hydroxylation sites is 1. The lowest BCUT2D eigenvalue weighted by molar-refractivity contribution is -0.139. The maximum Gasteiger partial charge on any atom is 0.341 e. The Bertz CT molecular complexity index is 776. The van der Waals surface area contributed by atoms with Gasteiger partial charge in [0.05, 0.1) is 11.1 Å². The predicted octanol–water partition coefficient (Wildman–Crippen LogP) is 2.46. The van der Waals surface area contributed by atoms with Crippen molar-refractivity contribution >= 4 is 29.4 Å². The number of thiophene rings is 1. The molecule has 0 fully saturated rings. The van der Waals surface area contributed by atoms with E-state index in [1.165, 1.54) is 28.0 Å². The van der Waals surface area contributed by atoms with Crippen LogP contribution in [0, 0.1) is 0 Å². The molecule has 1 heterocycles. The Morgan fingerprint density at radius 1 is 1.33 bits per heavy atom. The predicted molar refractivity (Wildman–Crippen MR) is 91.0 cm³/mol. The average Bonchev–Trinajstić information content (AvgIpc) is 3.15. The number of amides is 1. The van der Waals surface area contributed by atoms with Crippen molar-refractivity contribution in [2.45, 2.75) is 19.3 Å². The third-order valence-electron chi connectivity index (χ3n) is 3.61. The normalized spacial score (nSPS) is 13.0. The van der Waals surface area contributed by atoms with Crippen molar-refractivity contribution < 1.29 is 19.4 Å². The van der Waals surface area contributed by atoms with Crippen LogP contribution >= 0.6 is 11.3 Å². The Hall–Kier alpha value is -2.67. The van der Waals surface area contributed by atoms with Crippen molar-refractivity contribution in [1.29, 1.82) is 0 Å². The summed E-state index contributed by atoms with van der Waals surface area (Å²) in [6, 6.07) is 8.82. The van der Waals surface area contributed by atoms with Crippen LogP contribution in [-0.2, 0) is 17.6 Å². The van der Waals surface area contributed by atoms with Crippen LogP contribution in [-0.4, -0.2) is 29.8 Å². The van der Waals surface area contributed by atoms with Crippen LogP contribution in [0.5, 0.6) is 5.75 Å². The number of aryl methyl sites for hydroxylation is 2. The molecule has 0 saturated carbocycles. The molecule has 24 heavy (non-hydrogen) atoms. The maximum absolute atomic E-state index is 12.1. The molecule has 0 saturated heterocycles. The molecule has 1 aliphatic carbocycles. The molecule has 0 radical (unpaired) electrons. The zero-order valence-electron chi connectivity index (χ0n) is 12.8. The average molecular weight is 344 g/mol. The quantitative estimate of drug-likeness (QED) is 0.622. The maximum atomic E-state index is 12.1. The van der Waals surface area contributed by atoms with Crippen molar-refractivity contribution in [1.82, 2.24) is 5.43 Å². The van der Waals surface area contributed by atoms with E-state index >= 15 is 0 Å². The summed E-state index contributed by atoms with van der Waals surface area (Å²) in [5.74, 6) is -0.900. The number of carboxylic acid groups (broad SMARTS) is 1. The van der Waals surface area contributed by atoms with E-state index in [0.29, 0.717) is 16.2 Å². The molecule has 0 aliphatic heterocycles. The van der Waals surface area contributed by atoms with Crippen molar-refractivity contribution in [3.63, 3.8) is 0 Å². The van der Waals surface area contributed by atoms with Gasteiger partial charge in [0.25, 0.3) is 5.91 Å². The molecule has 0 atom stereocenters. The second-order valence-electron chi connectivity index (χ2n) is 5.33. The second kappa shape index (κ2) is 7.27. The van der Waals surface area contributed by atoms with Crippen molar-refractivity contribution in [2.75, 3.05) is 6.61 Å². The second-order valence-corrected chi connectivity index (χ2v) is 6.47. The van der Waals surface area contributed by atoms with E-state index in [1.54, 1.807) is 24.3 Å². The summed E-state index contributed by atoms with van der Waals surface area (Å²) in [5.41, 5.74) is 4.35. The zero-order chi connectivity index (χ0) is 16.9. The van der Waals surface area contributed by atoms with Crippen LogP contribution < -0.4 is 10.2 Å². The number of rotatable bonds is 6. The number of aliphatic carboxylic acids is 1. The van der Waals surface area contributed by atoms with E-state index in [2.05, 4.69) is 10.5 Å². The number of carbonyl (C=O) groups is 2. The lowest BCUT2D eigenvalue weighted by Gasteiger charge is -2.06. The molecule has 0 unspecified atom stereocenters. The van der Waals surface area contributed by atoms with Gasteiger partial charge in [0.1, 0.15) is 5.75 Å². The van der Waals surface area contributed by atoms with Gasteiger partial charge >= 0.3 is 5.97 Å². The summed E-state index contributed by atoms with van der Waals surface area (Å²) < 4.78 is 5.18. The van der Waals surface area contributed by atoms with Crippen LogP contribution in [0.2, 0.25) is 0 Å². The van der Waals surface area contributed by atoms with Crippen LogP contribution in [0.3, 0.4) is 0 Å². The van der Waals surface area contributed by atoms with Gasteiger partial charge in [-0.15, -0.1) is 11.3 Å². The van der Waals surface area contributed by atoms with Gasteiger partial charge in [-0.3, -0.25) is 4.79 Å². The van der Waals surface area contributed by atoms with E-state index in [0.717, 1.165) is 19.3 Å². The molecule has 1 amide bonds. The molecule has 0 spiro atoms. The number of benzene rings is 1. The van der Waals surface area contributed by atoms with Gasteiger partial charge < -0.3 is 9.84 Å². The van der Waals surface area contributed by atoms with Gasteiger partial charge in [-0.25, -0.2) is 10.2 Å². The minimum atomic E-state index is -1.05. The van der Waals surface area contributed by atoms with E-state index < -0.39 is 12.6 Å². The van der Waals surface area contributed by atoms with Gasteiger partial charge in [0, 0.05) is 10.4 Å². The summed E-state index contributed by atoms with van der Waals surface area (Å²) in [6.07, 6.45) is 4.69. The summed E-state index contributed by atoms with van der Waals surface area (Å²) in [7, 11) is 0. The van der Waals surface area contributed by atoms with E-state index in [4.69, 9.17) is 9.84 Å². The molecule has 2 aromatic rings. The monoisotopic (exact) mass is 344 g/mol. The minimum Gasteiger partial charge on any atom is -0.481 e. The van der Waals surface area contributed by atoms with E-state index in [1.807, 2.05) is 6.07 Å². The number of fused-ring (bicyclic) bond motifs is 1. The first-order valence-electron chi connectivity index (χ1n) is 7.52. The largest absolute Gasteiger partial charge is 0.481 e. The Balaban J connectivity index is 1.63. The molecular formula is C17H16N2O4S. The highest BCUT2D eigenvalue weighted by Gasteiger charge is 2.18. The summed E-state index contributed by atoms with van der Waals surface area (Å²) >= 11 is 1.51. The fourth-order valence-electron chi connectivity index (χ4n) is 2.51. The fourth-order valence-corrected chi connectivity index (χ4v) is 3.66. The van der Waals surface area contributed by atoms with Crippen LogP contribution in [0.1, 0.15) is 32.1 Å². The van der Waals surface area contributed by atoms with Crippen molar-refractivity contribution in [3.05, 3.63) is 51.2 Å². The number of hydrazone groups is 1. The number of hydrogen-bond donors (Lipinski definition) is 2. The van der Waals surface area contributed by atoms with Gasteiger partial charge in [-0.2, -0.15) is 5.10 Å². The summed E-state index contributed by atoms with van der Waals surface area (Å²) in [4.78, 5) is 24.7. The molecule has 2 N–H and O–H groups in total. The lowest BCUT2D eigenvalue weighted by atomic mass is 10.2. The number of carboxylic acids is 1. The van der Waals surface area contributed by atoms with Gasteiger partial charge in [-0.05, 0) is 43.0 Å². The first-order valence-corrected chi connectivity index (χ1v) is 8.34. The molecule has 3 rings (SSSR count). The Labute approximate surface area is 142 Å². The number of nitrogens with one attached hydrogen (secondary N) is 1. The van der Waals surface area contributed by atoms with Crippen LogP contribution in [0.25, 0.3) is 0 Å². The number of hydrogen-bond acceptors (Lipinski definition) is 5. The summed E-state index contributed by atoms with van der Waals surface area (Å²) in [5, 5.41) is 12.6. The smallest absolute Gasteiger partial charge is 0.341 e. The van der Waals surface area contributed by atoms with Crippen molar-refractivity contribution in [3.8, 4) is 5.75 Å². The first-order chi connectivity index (χ1) is 11.6. The van der Waals surface area contributed by atoms with Crippen LogP contribution in [0.15, 0.2) is 35.4 Å². The standard InChI is InChI=1S/C17H16N2O4S/c20-16(21)10-23-13-6-2-1-4-12(13)9-18-19-17(22)15-8-11-5-3-7-14(11)24-15/h1-2,4,6,8-9H,3,5,7,10H2,(H,19,22)(H,20,21)/b18-9-. The molecular weight excluding hydrogens is 328 g/mol. The van der Waals surface area contributed by atoms with E-state index in [-0.39, 0.29) is 5.91 Å². The zero-order valence-corrected chi connectivity index (χ0v) is 13.6. The third-order valence-corrected chi connectivity index (χ3v) is 4.85. The molecule has 1 aliphatic rings. The molecule has 124 valence electrons. The highest BCUT2D eigenvalue weighted by Crippen LogP contribution is 2.30. The van der Waals surface area contributed by atoms with E-state index in [9.17, 15) is 9.59 Å². The van der Waals surface area contributed by atoms with Gasteiger partial charge in [0.15, 0.2) is 6.61 Å². The third kappa shape index (κ3) is 3.80. The van der Waals surface area contributed by atoms with Gasteiger partial charge in [-0.1, -0.05) is 12.1 Å². The highest BCUT2D eigenvalue weighted by molar-refractivity contribution is 7.14. The number of carbonyl (C=O) groups excluding carboxylic acids is 1.